The van der Waals surface area contributed by atoms with Crippen molar-refractivity contribution < 1.29 is 115 Å². The number of aliphatic hydroxyl groups excluding tert-OH is 1. The first-order valence-electron chi connectivity index (χ1n) is 9.18. The van der Waals surface area contributed by atoms with Crippen LogP contribution in [0.3, 0.4) is 0 Å². The molecule has 0 bridgehead atoms. The van der Waals surface area contributed by atoms with Crippen molar-refractivity contribution in [3.63, 3.8) is 0 Å². The molecule has 0 aliphatic heterocycles. The molecule has 0 aromatic heterocycles. The van der Waals surface area contributed by atoms with E-state index in [2.05, 4.69) is 0 Å². The van der Waals surface area contributed by atoms with E-state index in [0.29, 0.717) is 22.6 Å². The molecule has 0 rings (SSSR count). The highest BCUT2D eigenvalue weighted by molar-refractivity contribution is 14.1. The Morgan fingerprint density at radius 3 is 0.738 bits per heavy atom. The molecule has 27 heteroatoms. The van der Waals surface area contributed by atoms with Crippen LogP contribution in [0.5, 0.6) is 0 Å². The van der Waals surface area contributed by atoms with E-state index < -0.39 is 88.3 Å². The van der Waals surface area contributed by atoms with Gasteiger partial charge in [0.2, 0.25) is 0 Å². The molecule has 0 aromatic carbocycles. The quantitative estimate of drug-likeness (QED) is 0.112. The van der Waals surface area contributed by atoms with Gasteiger partial charge in [-0.1, -0.05) is 22.6 Å². The highest BCUT2D eigenvalue weighted by Gasteiger charge is 2.99. The van der Waals surface area contributed by atoms with E-state index in [4.69, 9.17) is 5.11 Å². The van der Waals surface area contributed by atoms with Crippen molar-refractivity contribution in [2.75, 3.05) is 6.61 Å². The number of hydrogen-bond acceptors (Lipinski definition) is 1. The van der Waals surface area contributed by atoms with Gasteiger partial charge in [0.25, 0.3) is 0 Å². The molecule has 42 heavy (non-hydrogen) atoms. The Morgan fingerprint density at radius 1 is 0.357 bits per heavy atom. The van der Waals surface area contributed by atoms with E-state index in [9.17, 15) is 110 Å². The van der Waals surface area contributed by atoms with Crippen LogP contribution < -0.4 is 0 Å². The zero-order valence-electron chi connectivity index (χ0n) is 18.3. The number of rotatable bonds is 13. The molecule has 1 N–H and O–H groups in total. The van der Waals surface area contributed by atoms with Crippen molar-refractivity contribution in [1.29, 1.82) is 0 Å². The normalized spacial score (nSPS) is 17.5. The molecule has 0 saturated heterocycles. The van der Waals surface area contributed by atoms with E-state index in [-0.39, 0.29) is 0 Å². The first-order chi connectivity index (χ1) is 17.7. The number of aliphatic hydroxyl groups is 1. The molecule has 0 saturated carbocycles. The van der Waals surface area contributed by atoms with E-state index in [0.717, 1.165) is 0 Å². The van der Waals surface area contributed by atoms with Gasteiger partial charge in [-0.3, -0.25) is 0 Å². The van der Waals surface area contributed by atoms with Crippen LogP contribution in [0.2, 0.25) is 0 Å². The lowest BCUT2D eigenvalue weighted by Gasteiger charge is -2.45. The lowest BCUT2D eigenvalue weighted by molar-refractivity contribution is -0.482. The fourth-order valence-corrected chi connectivity index (χ4v) is 3.01. The van der Waals surface area contributed by atoms with Crippen LogP contribution >= 0.6 is 22.6 Å². The van der Waals surface area contributed by atoms with Gasteiger partial charge >= 0.3 is 71.3 Å². The molecule has 0 amide bonds. The van der Waals surface area contributed by atoms with E-state index in [1.54, 1.807) is 0 Å². The molecule has 0 aliphatic rings. The van der Waals surface area contributed by atoms with Crippen LogP contribution in [0.15, 0.2) is 0 Å². The summed E-state index contributed by atoms with van der Waals surface area (Å²) in [6.07, 6.45) is -11.1. The van der Waals surface area contributed by atoms with Crippen LogP contribution in [-0.2, 0) is 0 Å². The Morgan fingerprint density at radius 2 is 0.548 bits per heavy atom. The molecule has 0 spiro atoms. The van der Waals surface area contributed by atoms with Crippen LogP contribution in [0.25, 0.3) is 0 Å². The van der Waals surface area contributed by atoms with E-state index >= 15 is 0 Å². The Balaban J connectivity index is 7.29. The van der Waals surface area contributed by atoms with Crippen molar-refractivity contribution in [2.24, 2.45) is 0 Å². The van der Waals surface area contributed by atoms with E-state index in [1.165, 1.54) is 0 Å². The molecule has 1 nitrogen and oxygen atoms in total. The lowest BCUT2D eigenvalue weighted by atomic mass is 9.84. The van der Waals surface area contributed by atoms with Crippen molar-refractivity contribution in [2.45, 2.75) is 81.7 Å². The second-order valence-electron chi connectivity index (χ2n) is 7.93. The standard InChI is InChI=1S/C15H6F25IO/c16-4(17,1-3(41)2-42)5(18,19)6(20,21)7(22,23)8(24,25)9(26,27)10(28,29)11(30,31)12(32,33)13(34,35)14(36,37)15(38,39)40/h3,42H,1-2H2. The maximum atomic E-state index is 13.7. The minimum absolute atomic E-state index is 0.490. The second kappa shape index (κ2) is 10.5. The predicted molar refractivity (Wildman–Crippen MR) is 90.0 cm³/mol. The summed E-state index contributed by atoms with van der Waals surface area (Å²) in [6, 6.07) is 0. The fourth-order valence-electron chi connectivity index (χ4n) is 2.46. The van der Waals surface area contributed by atoms with E-state index in [1.807, 2.05) is 0 Å². The van der Waals surface area contributed by atoms with Crippen molar-refractivity contribution in [3.8, 4) is 0 Å². The van der Waals surface area contributed by atoms with Gasteiger partial charge in [-0.15, -0.1) is 0 Å². The largest absolute Gasteiger partial charge is 0.460 e. The van der Waals surface area contributed by atoms with Crippen LogP contribution in [-0.4, -0.2) is 87.0 Å². The zero-order valence-corrected chi connectivity index (χ0v) is 20.4. The second-order valence-corrected chi connectivity index (χ2v) is 9.69. The first-order valence-corrected chi connectivity index (χ1v) is 10.4. The number of hydrogen-bond donors (Lipinski definition) is 1. The minimum Gasteiger partial charge on any atom is -0.395 e. The molecule has 0 fully saturated rings. The SMILES string of the molecule is OCC(I)CC(F)(F)C(F)(F)C(F)(F)C(F)(F)C(F)(F)C(F)(F)C(F)(F)C(F)(F)C(F)(F)C(F)(F)C(F)(F)C(F)(F)F. The van der Waals surface area contributed by atoms with Gasteiger partial charge in [0, 0.05) is 10.3 Å². The predicted octanol–water partition coefficient (Wildman–Crippen LogP) is 8.72. The number of alkyl halides is 26. The Kier molecular flexibility index (Phi) is 10.2. The van der Waals surface area contributed by atoms with Crippen molar-refractivity contribution in [3.05, 3.63) is 0 Å². The minimum atomic E-state index is -9.60. The lowest BCUT2D eigenvalue weighted by Crippen LogP contribution is -2.78. The third-order valence-corrected chi connectivity index (χ3v) is 5.87. The van der Waals surface area contributed by atoms with Crippen molar-refractivity contribution in [1.82, 2.24) is 0 Å². The summed E-state index contributed by atoms with van der Waals surface area (Å²) in [7, 11) is 0. The van der Waals surface area contributed by atoms with Gasteiger partial charge in [-0.25, -0.2) is 0 Å². The van der Waals surface area contributed by atoms with Gasteiger partial charge in [-0.2, -0.15) is 110 Å². The maximum Gasteiger partial charge on any atom is 0.460 e. The van der Waals surface area contributed by atoms with Gasteiger partial charge in [0.05, 0.1) is 6.61 Å². The first kappa shape index (κ1) is 40.9. The highest BCUT2D eigenvalue weighted by atomic mass is 127. The summed E-state index contributed by atoms with van der Waals surface area (Å²) in [5.74, 6) is -98.3. The van der Waals surface area contributed by atoms with Crippen LogP contribution in [0.1, 0.15) is 6.42 Å². The van der Waals surface area contributed by atoms with Crippen LogP contribution in [0, 0.1) is 0 Å². The zero-order chi connectivity index (χ0) is 35.0. The smallest absolute Gasteiger partial charge is 0.395 e. The summed E-state index contributed by atoms with van der Waals surface area (Å²) in [4.78, 5) is 0. The summed E-state index contributed by atoms with van der Waals surface area (Å²) in [5, 5.41) is 8.43. The van der Waals surface area contributed by atoms with Crippen molar-refractivity contribution >= 4 is 22.6 Å². The maximum absolute atomic E-state index is 13.7. The van der Waals surface area contributed by atoms with Gasteiger partial charge in [0.1, 0.15) is 0 Å². The molecule has 0 aromatic rings. The summed E-state index contributed by atoms with van der Waals surface area (Å²) >= 11 is 0.490. The highest BCUT2D eigenvalue weighted by Crippen LogP contribution is 2.67. The molecule has 1 atom stereocenters. The molecule has 254 valence electrons. The monoisotopic (exact) mass is 804 g/mol. The molecule has 1 unspecified atom stereocenters. The molecular formula is C15H6F25IO. The Bertz CT molecular complexity index is 963. The van der Waals surface area contributed by atoms with Gasteiger partial charge in [0.15, 0.2) is 0 Å². The summed E-state index contributed by atoms with van der Waals surface area (Å²) in [5.41, 5.74) is 0. The average molecular weight is 804 g/mol. The average Bonchev–Trinajstić information content (AvgIpc) is 2.76. The fraction of sp³-hybridized carbons (Fsp3) is 1.00. The van der Waals surface area contributed by atoms with Crippen LogP contribution in [0.4, 0.5) is 110 Å². The Hall–Kier alpha value is -1.06. The van der Waals surface area contributed by atoms with Gasteiger partial charge < -0.3 is 5.11 Å². The molecule has 0 heterocycles. The Labute approximate surface area is 226 Å². The third kappa shape index (κ3) is 5.09. The molecular weight excluding hydrogens is 798 g/mol. The molecule has 0 aliphatic carbocycles. The topological polar surface area (TPSA) is 20.2 Å². The third-order valence-electron chi connectivity index (χ3n) is 5.04. The molecule has 0 radical (unpaired) electrons. The summed E-state index contributed by atoms with van der Waals surface area (Å²) in [6.45, 7) is -1.71. The summed E-state index contributed by atoms with van der Waals surface area (Å²) < 4.78 is 330. The van der Waals surface area contributed by atoms with Gasteiger partial charge in [-0.05, 0) is 0 Å². The number of halogens is 26.